The quantitative estimate of drug-likeness (QED) is 0.113. The minimum absolute atomic E-state index is 0.183. The monoisotopic (exact) mass is 738 g/mol. The van der Waals surface area contributed by atoms with Crippen LogP contribution in [-0.4, -0.2) is 25.9 Å². The lowest BCUT2D eigenvalue weighted by atomic mass is 10.0. The molecule has 1 aliphatic rings. The van der Waals surface area contributed by atoms with Gasteiger partial charge in [0, 0.05) is 9.77 Å². The van der Waals surface area contributed by atoms with Crippen LogP contribution in [-0.2, 0) is 27.8 Å². The Hall–Kier alpha value is -3.17. The number of rotatable bonds is 12. The Bertz CT molecular complexity index is 1760. The molecule has 5 rings (SSSR count). The number of carbonyl (C=O) groups is 1. The molecule has 1 aromatic heterocycles. The maximum atomic E-state index is 15.6. The first-order valence-corrected chi connectivity index (χ1v) is 16.2. The van der Waals surface area contributed by atoms with Crippen molar-refractivity contribution in [1.82, 2.24) is 15.2 Å². The van der Waals surface area contributed by atoms with Crippen LogP contribution in [0, 0.1) is 21.1 Å². The fraction of sp³-hybridized carbons (Fsp3) is 0.200. The maximum absolute atomic E-state index is 15.6. The van der Waals surface area contributed by atoms with E-state index in [1.165, 1.54) is 12.3 Å². The van der Waals surface area contributed by atoms with E-state index in [0.29, 0.717) is 18.0 Å². The highest BCUT2D eigenvalue weighted by atomic mass is 127. The molecule has 8 nitrogen and oxygen atoms in total. The zero-order valence-electron chi connectivity index (χ0n) is 22.5. The molecule has 1 amide bonds. The summed E-state index contributed by atoms with van der Waals surface area (Å²) in [4.78, 5) is 21.6. The van der Waals surface area contributed by atoms with Gasteiger partial charge in [0.25, 0.3) is 5.91 Å². The number of aromatic nitrogens is 1. The number of pyridine rings is 1. The van der Waals surface area contributed by atoms with Crippen LogP contribution in [0.4, 0.5) is 20.2 Å². The summed E-state index contributed by atoms with van der Waals surface area (Å²) in [6, 6.07) is 18.6. The second-order valence-corrected chi connectivity index (χ2v) is 13.3. The molecule has 0 saturated heterocycles. The van der Waals surface area contributed by atoms with Gasteiger partial charge in [-0.3, -0.25) is 14.6 Å². The molecule has 43 heavy (non-hydrogen) atoms. The second kappa shape index (κ2) is 13.6. The van der Waals surface area contributed by atoms with Gasteiger partial charge in [0.15, 0.2) is 11.6 Å². The molecule has 0 bridgehead atoms. The van der Waals surface area contributed by atoms with Crippen LogP contribution >= 0.6 is 34.2 Å². The zero-order valence-corrected chi connectivity index (χ0v) is 26.3. The highest BCUT2D eigenvalue weighted by Crippen LogP contribution is 2.34. The van der Waals surface area contributed by atoms with Gasteiger partial charge < -0.3 is 5.32 Å². The summed E-state index contributed by atoms with van der Waals surface area (Å²) >= 11 is 8.31. The standard InChI is InChI=1S/C30H26ClF2IN4O4S/c31-23-14-21(34)10-11-24(23)37-29-22(30(39)38-42-17-19-8-9-19)15-26(27(32)28(29)33)43(40,41)36-16-25-20(7-4-12-35-25)13-18-5-2-1-3-6-18/h1-7,10-12,14-15,19,36-37H,8-9,13,16-17H2,(H,38,39). The Morgan fingerprint density at radius 1 is 1.05 bits per heavy atom. The van der Waals surface area contributed by atoms with E-state index in [1.54, 1.807) is 18.2 Å². The molecular formula is C30H26ClF2IN4O4S. The lowest BCUT2D eigenvalue weighted by Gasteiger charge is -2.17. The summed E-state index contributed by atoms with van der Waals surface area (Å²) in [5.41, 5.74) is 3.46. The van der Waals surface area contributed by atoms with Gasteiger partial charge in [0.05, 0.1) is 40.8 Å². The summed E-state index contributed by atoms with van der Waals surface area (Å²) in [7, 11) is -4.67. The molecule has 0 spiro atoms. The number of nitrogens with zero attached hydrogens (tertiary/aromatic N) is 1. The first kappa shape index (κ1) is 31.3. The minimum Gasteiger partial charge on any atom is -0.351 e. The van der Waals surface area contributed by atoms with Crippen LogP contribution in [0.1, 0.15) is 40.0 Å². The van der Waals surface area contributed by atoms with E-state index < -0.39 is 43.7 Å². The molecule has 0 unspecified atom stereocenters. The topological polar surface area (TPSA) is 109 Å². The van der Waals surface area contributed by atoms with Crippen molar-refractivity contribution in [3.05, 3.63) is 116 Å². The predicted octanol–water partition coefficient (Wildman–Crippen LogP) is 6.50. The van der Waals surface area contributed by atoms with Crippen LogP contribution in [0.3, 0.4) is 0 Å². The molecular weight excluding hydrogens is 713 g/mol. The first-order valence-electron chi connectivity index (χ1n) is 13.2. The van der Waals surface area contributed by atoms with E-state index >= 15 is 8.78 Å². The number of benzene rings is 3. The molecule has 3 N–H and O–H groups in total. The van der Waals surface area contributed by atoms with Crippen molar-refractivity contribution in [2.24, 2.45) is 5.92 Å². The van der Waals surface area contributed by atoms with Crippen molar-refractivity contribution >= 4 is 61.5 Å². The Morgan fingerprint density at radius 3 is 2.53 bits per heavy atom. The second-order valence-electron chi connectivity index (χ2n) is 9.96. The van der Waals surface area contributed by atoms with Crippen LogP contribution in [0.5, 0.6) is 0 Å². The van der Waals surface area contributed by atoms with Gasteiger partial charge in [-0.2, -0.15) is 0 Å². The average Bonchev–Trinajstić information content (AvgIpc) is 3.81. The van der Waals surface area contributed by atoms with Gasteiger partial charge in [-0.15, -0.1) is 0 Å². The van der Waals surface area contributed by atoms with Gasteiger partial charge in [-0.1, -0.05) is 48.0 Å². The highest BCUT2D eigenvalue weighted by molar-refractivity contribution is 14.1. The first-order chi connectivity index (χ1) is 20.6. The fourth-order valence-electron chi connectivity index (χ4n) is 4.24. The van der Waals surface area contributed by atoms with Crippen LogP contribution in [0.25, 0.3) is 0 Å². The number of amides is 1. The van der Waals surface area contributed by atoms with E-state index in [9.17, 15) is 13.2 Å². The van der Waals surface area contributed by atoms with Gasteiger partial charge in [-0.05, 0) is 89.2 Å². The molecule has 0 radical (unpaired) electrons. The summed E-state index contributed by atoms with van der Waals surface area (Å²) in [6.45, 7) is -0.0556. The summed E-state index contributed by atoms with van der Waals surface area (Å²) < 4.78 is 60.9. The number of anilines is 2. The van der Waals surface area contributed by atoms with Crippen molar-refractivity contribution in [1.29, 1.82) is 0 Å². The number of halogens is 4. The van der Waals surface area contributed by atoms with Crippen molar-refractivity contribution in [3.63, 3.8) is 0 Å². The highest BCUT2D eigenvalue weighted by Gasteiger charge is 2.30. The Balaban J connectivity index is 1.45. The number of hydroxylamine groups is 1. The molecule has 13 heteroatoms. The molecule has 1 saturated carbocycles. The summed E-state index contributed by atoms with van der Waals surface area (Å²) in [5.74, 6) is -3.91. The zero-order chi connectivity index (χ0) is 30.6. The smallest absolute Gasteiger partial charge is 0.277 e. The SMILES string of the molecule is O=C(NOCC1CC1)c1cc(S(=O)(=O)NCc2ncccc2Cc2ccccc2)c(F)c(F)c1Nc1ccc(I)cc1Cl. The molecule has 1 heterocycles. The summed E-state index contributed by atoms with van der Waals surface area (Å²) in [5, 5.41) is 2.83. The lowest BCUT2D eigenvalue weighted by molar-refractivity contribution is 0.0270. The van der Waals surface area contributed by atoms with E-state index in [0.717, 1.165) is 33.6 Å². The van der Waals surface area contributed by atoms with Crippen LogP contribution in [0.15, 0.2) is 77.8 Å². The van der Waals surface area contributed by atoms with Gasteiger partial charge >= 0.3 is 0 Å². The molecule has 224 valence electrons. The molecule has 0 atom stereocenters. The minimum atomic E-state index is -4.67. The third kappa shape index (κ3) is 7.87. The van der Waals surface area contributed by atoms with E-state index in [4.69, 9.17) is 16.4 Å². The number of hydrogen-bond acceptors (Lipinski definition) is 6. The summed E-state index contributed by atoms with van der Waals surface area (Å²) in [6.07, 6.45) is 3.91. The van der Waals surface area contributed by atoms with Crippen LogP contribution < -0.4 is 15.5 Å². The Kier molecular flexibility index (Phi) is 9.92. The molecule has 4 aromatic rings. The molecule has 3 aromatic carbocycles. The normalized spacial score (nSPS) is 13.1. The molecule has 0 aliphatic heterocycles. The number of carbonyl (C=O) groups excluding carboxylic acids is 1. The molecule has 1 aliphatic carbocycles. The average molecular weight is 739 g/mol. The van der Waals surface area contributed by atoms with Crippen molar-refractivity contribution in [3.8, 4) is 0 Å². The Labute approximate surface area is 266 Å². The third-order valence-corrected chi connectivity index (χ3v) is 9.11. The number of hydrogen-bond donors (Lipinski definition) is 3. The van der Waals surface area contributed by atoms with E-state index in [2.05, 4.69) is 20.5 Å². The maximum Gasteiger partial charge on any atom is 0.277 e. The Morgan fingerprint density at radius 2 is 1.81 bits per heavy atom. The van der Waals surface area contributed by atoms with Gasteiger partial charge in [0.2, 0.25) is 10.0 Å². The number of sulfonamides is 1. The largest absolute Gasteiger partial charge is 0.351 e. The van der Waals surface area contributed by atoms with Crippen molar-refractivity contribution < 1.29 is 26.8 Å². The lowest BCUT2D eigenvalue weighted by Crippen LogP contribution is -2.29. The third-order valence-electron chi connectivity index (χ3n) is 6.73. The van der Waals surface area contributed by atoms with Crippen molar-refractivity contribution in [2.45, 2.75) is 30.7 Å². The van der Waals surface area contributed by atoms with Crippen LogP contribution in [0.2, 0.25) is 5.02 Å². The van der Waals surface area contributed by atoms with E-state index in [1.807, 2.05) is 59.0 Å². The van der Waals surface area contributed by atoms with Gasteiger partial charge in [-0.25, -0.2) is 27.4 Å². The fourth-order valence-corrected chi connectivity index (χ4v) is 6.22. The van der Waals surface area contributed by atoms with Gasteiger partial charge in [0.1, 0.15) is 4.90 Å². The molecule has 1 fully saturated rings. The number of nitrogens with one attached hydrogen (secondary N) is 3. The van der Waals surface area contributed by atoms with Crippen molar-refractivity contribution in [2.75, 3.05) is 11.9 Å². The predicted molar refractivity (Wildman–Crippen MR) is 167 cm³/mol. The van der Waals surface area contributed by atoms with E-state index in [-0.39, 0.29) is 23.9 Å².